The van der Waals surface area contributed by atoms with Gasteiger partial charge in [-0.3, -0.25) is 0 Å². The van der Waals surface area contributed by atoms with Crippen molar-refractivity contribution in [2.45, 2.75) is 12.8 Å². The summed E-state index contributed by atoms with van der Waals surface area (Å²) in [5.74, 6) is 0.751. The van der Waals surface area contributed by atoms with Crippen LogP contribution in [0.1, 0.15) is 12.8 Å². The molecule has 0 spiro atoms. The zero-order valence-corrected chi connectivity index (χ0v) is 5.69. The van der Waals surface area contributed by atoms with E-state index in [9.17, 15) is 0 Å². The summed E-state index contributed by atoms with van der Waals surface area (Å²) in [5.41, 5.74) is 0. The number of unbranched alkanes of at least 4 members (excludes halogenated alkanes) is 1. The zero-order valence-electron chi connectivity index (χ0n) is 4.94. The Labute approximate surface area is 55.9 Å². The molecule has 46 valence electrons. The van der Waals surface area contributed by atoms with Crippen molar-refractivity contribution in [1.82, 2.24) is 0 Å². The summed E-state index contributed by atoms with van der Waals surface area (Å²) < 4.78 is 0. The highest BCUT2D eigenvalue weighted by atomic mass is 35.5. The van der Waals surface area contributed by atoms with Crippen molar-refractivity contribution in [3.05, 3.63) is 24.8 Å². The summed E-state index contributed by atoms with van der Waals surface area (Å²) in [4.78, 5) is 0. The van der Waals surface area contributed by atoms with Gasteiger partial charge in [0, 0.05) is 5.88 Å². The molecule has 0 bridgehead atoms. The summed E-state index contributed by atoms with van der Waals surface area (Å²) in [5, 5.41) is 0. The molecule has 0 aliphatic carbocycles. The van der Waals surface area contributed by atoms with E-state index in [0.29, 0.717) is 0 Å². The summed E-state index contributed by atoms with van der Waals surface area (Å²) in [6.07, 6.45) is 7.90. The summed E-state index contributed by atoms with van der Waals surface area (Å²) in [6.45, 7) is 3.54. The molecule has 0 aliphatic rings. The third-order valence-electron chi connectivity index (χ3n) is 0.777. The van der Waals surface area contributed by atoms with E-state index < -0.39 is 0 Å². The molecule has 0 heterocycles. The molecule has 0 amide bonds. The lowest BCUT2D eigenvalue weighted by Gasteiger charge is -1.82. The lowest BCUT2D eigenvalue weighted by Crippen LogP contribution is -1.68. The monoisotopic (exact) mass is 130 g/mol. The standard InChI is InChI=1S/C7H11Cl/c1-2-3-4-5-6-7-8/h2-4H,1,5-7H2. The van der Waals surface area contributed by atoms with E-state index in [4.69, 9.17) is 11.6 Å². The number of alkyl halides is 1. The summed E-state index contributed by atoms with van der Waals surface area (Å²) in [7, 11) is 0. The second-order valence-corrected chi connectivity index (χ2v) is 1.87. The van der Waals surface area contributed by atoms with Gasteiger partial charge in [0.1, 0.15) is 0 Å². The number of rotatable bonds is 4. The first-order valence-electron chi connectivity index (χ1n) is 2.75. The van der Waals surface area contributed by atoms with Crippen LogP contribution >= 0.6 is 11.6 Å². The van der Waals surface area contributed by atoms with Gasteiger partial charge >= 0.3 is 0 Å². The molecule has 0 aliphatic heterocycles. The Morgan fingerprint density at radius 3 is 2.75 bits per heavy atom. The lowest BCUT2D eigenvalue weighted by atomic mass is 10.3. The fourth-order valence-electron chi connectivity index (χ4n) is 0.387. The summed E-state index contributed by atoms with van der Waals surface area (Å²) >= 11 is 5.42. The van der Waals surface area contributed by atoms with E-state index in [1.807, 2.05) is 6.08 Å². The van der Waals surface area contributed by atoms with Gasteiger partial charge in [0.25, 0.3) is 0 Å². The predicted octanol–water partition coefficient (Wildman–Crippen LogP) is 2.75. The molecular weight excluding hydrogens is 120 g/mol. The van der Waals surface area contributed by atoms with Gasteiger partial charge in [0.2, 0.25) is 0 Å². The van der Waals surface area contributed by atoms with Crippen molar-refractivity contribution >= 4 is 11.6 Å². The van der Waals surface area contributed by atoms with E-state index in [0.717, 1.165) is 18.7 Å². The quantitative estimate of drug-likeness (QED) is 0.312. The van der Waals surface area contributed by atoms with Crippen molar-refractivity contribution in [1.29, 1.82) is 0 Å². The van der Waals surface area contributed by atoms with Crippen molar-refractivity contribution in [2.75, 3.05) is 5.88 Å². The Balaban J connectivity index is 2.91. The van der Waals surface area contributed by atoms with Crippen molar-refractivity contribution < 1.29 is 0 Å². The van der Waals surface area contributed by atoms with Crippen LogP contribution in [0.2, 0.25) is 0 Å². The number of halogens is 1. The van der Waals surface area contributed by atoms with Gasteiger partial charge in [-0.1, -0.05) is 24.8 Å². The van der Waals surface area contributed by atoms with Crippen LogP contribution < -0.4 is 0 Å². The first-order valence-corrected chi connectivity index (χ1v) is 3.28. The smallest absolute Gasteiger partial charge is 0.0226 e. The summed E-state index contributed by atoms with van der Waals surface area (Å²) in [6, 6.07) is 0. The van der Waals surface area contributed by atoms with Crippen LogP contribution in [0.3, 0.4) is 0 Å². The fraction of sp³-hybridized carbons (Fsp3) is 0.429. The highest BCUT2D eigenvalue weighted by Crippen LogP contribution is 1.92. The van der Waals surface area contributed by atoms with Gasteiger partial charge in [-0.2, -0.15) is 0 Å². The molecule has 0 aromatic rings. The molecule has 0 atom stereocenters. The minimum atomic E-state index is 0.751. The van der Waals surface area contributed by atoms with E-state index in [-0.39, 0.29) is 0 Å². The molecule has 0 aromatic heterocycles. The molecule has 0 N–H and O–H groups in total. The maximum Gasteiger partial charge on any atom is 0.0226 e. The van der Waals surface area contributed by atoms with Crippen LogP contribution in [0.15, 0.2) is 24.8 Å². The van der Waals surface area contributed by atoms with Crippen LogP contribution in [0.4, 0.5) is 0 Å². The molecule has 0 rings (SSSR count). The molecule has 0 radical (unpaired) electrons. The fourth-order valence-corrected chi connectivity index (χ4v) is 0.542. The molecule has 0 saturated carbocycles. The topological polar surface area (TPSA) is 0 Å². The normalized spacial score (nSPS) is 10.1. The zero-order chi connectivity index (χ0) is 6.24. The minimum absolute atomic E-state index is 0.751. The highest BCUT2D eigenvalue weighted by Gasteiger charge is 1.75. The minimum Gasteiger partial charge on any atom is -0.127 e. The van der Waals surface area contributed by atoms with E-state index >= 15 is 0 Å². The number of hydrogen-bond acceptors (Lipinski definition) is 0. The van der Waals surface area contributed by atoms with Crippen molar-refractivity contribution in [3.63, 3.8) is 0 Å². The largest absolute Gasteiger partial charge is 0.127 e. The van der Waals surface area contributed by atoms with Gasteiger partial charge in [-0.15, -0.1) is 11.6 Å². The Kier molecular flexibility index (Phi) is 6.58. The molecule has 0 unspecified atom stereocenters. The van der Waals surface area contributed by atoms with Gasteiger partial charge in [0.15, 0.2) is 0 Å². The number of allylic oxidation sites excluding steroid dienone is 3. The lowest BCUT2D eigenvalue weighted by molar-refractivity contribution is 0.966. The van der Waals surface area contributed by atoms with E-state index in [2.05, 4.69) is 12.7 Å². The maximum atomic E-state index is 5.42. The second-order valence-electron chi connectivity index (χ2n) is 1.50. The Hall–Kier alpha value is -0.230. The first-order chi connectivity index (χ1) is 3.91. The molecular formula is C7H11Cl. The van der Waals surface area contributed by atoms with Crippen molar-refractivity contribution in [2.24, 2.45) is 0 Å². The van der Waals surface area contributed by atoms with Gasteiger partial charge in [-0.25, -0.2) is 0 Å². The first kappa shape index (κ1) is 7.77. The third kappa shape index (κ3) is 5.77. The second kappa shape index (κ2) is 6.77. The third-order valence-corrected chi connectivity index (χ3v) is 1.04. The molecule has 0 nitrogen and oxygen atoms in total. The van der Waals surface area contributed by atoms with Crippen LogP contribution in [-0.4, -0.2) is 5.88 Å². The molecule has 0 saturated heterocycles. The van der Waals surface area contributed by atoms with Crippen molar-refractivity contribution in [3.8, 4) is 0 Å². The SMILES string of the molecule is C=CC=CCCCCl. The van der Waals surface area contributed by atoms with Crippen LogP contribution in [0, 0.1) is 0 Å². The van der Waals surface area contributed by atoms with E-state index in [1.54, 1.807) is 6.08 Å². The van der Waals surface area contributed by atoms with Crippen LogP contribution in [0.25, 0.3) is 0 Å². The van der Waals surface area contributed by atoms with Crippen LogP contribution in [0.5, 0.6) is 0 Å². The molecule has 1 heteroatoms. The predicted molar refractivity (Wildman–Crippen MR) is 39.3 cm³/mol. The average Bonchev–Trinajstić information content (AvgIpc) is 1.81. The molecule has 0 aromatic carbocycles. The molecule has 8 heavy (non-hydrogen) atoms. The highest BCUT2D eigenvalue weighted by molar-refractivity contribution is 6.17. The van der Waals surface area contributed by atoms with Gasteiger partial charge in [0.05, 0.1) is 0 Å². The Morgan fingerprint density at radius 2 is 2.25 bits per heavy atom. The number of hydrogen-bond donors (Lipinski definition) is 0. The Morgan fingerprint density at radius 1 is 1.50 bits per heavy atom. The Bertz CT molecular complexity index is 74.5. The van der Waals surface area contributed by atoms with Gasteiger partial charge < -0.3 is 0 Å². The van der Waals surface area contributed by atoms with E-state index in [1.165, 1.54) is 0 Å². The van der Waals surface area contributed by atoms with Crippen LogP contribution in [-0.2, 0) is 0 Å². The molecule has 0 fully saturated rings. The van der Waals surface area contributed by atoms with Gasteiger partial charge in [-0.05, 0) is 12.8 Å². The maximum absolute atomic E-state index is 5.42. The average molecular weight is 131 g/mol.